The van der Waals surface area contributed by atoms with E-state index in [4.69, 9.17) is 19.9 Å². The van der Waals surface area contributed by atoms with Crippen molar-refractivity contribution in [3.05, 3.63) is 331 Å². The average molecular weight is 1270 g/mol. The van der Waals surface area contributed by atoms with E-state index in [1.807, 2.05) is 0 Å². The molecule has 470 valence electrons. The van der Waals surface area contributed by atoms with Gasteiger partial charge in [-0.25, -0.2) is 19.9 Å². The standard InChI is InChI=1S/C92H67N7/c1-56-30-36-83-71(42-56)72-43-57(2)31-37-84(72)97(83)89-55-93-92(99-87-40-34-60(5)46-75(87)76-47-61(6)35-41-88(76)99)91(98-85-38-32-58(3)44-73(85)74-45-59(4)33-39-86(74)98)90(89)67-29-19-28-66(48-67)68-49-81(69-51-77(62-20-11-7-12-21-62)94-78(52-69)63-22-13-8-14-23-63)96-82(50-68)70-53-79(64-24-15-9-16-25-64)95-80(54-70)65-26-17-10-18-27-65/h7-55H,1-6H3. The van der Waals surface area contributed by atoms with E-state index in [9.17, 15) is 0 Å². The van der Waals surface area contributed by atoms with Gasteiger partial charge in [0.25, 0.3) is 0 Å². The maximum absolute atomic E-state index is 5.95. The quantitative estimate of drug-likeness (QED) is 0.129. The Kier molecular flexibility index (Phi) is 14.1. The van der Waals surface area contributed by atoms with E-state index in [1.54, 1.807) is 0 Å². The molecule has 18 aromatic rings. The molecular formula is C92H67N7. The Balaban J connectivity index is 0.974. The lowest BCUT2D eigenvalue weighted by atomic mass is 9.94. The highest BCUT2D eigenvalue weighted by molar-refractivity contribution is 6.14. The molecule has 0 radical (unpaired) electrons. The zero-order chi connectivity index (χ0) is 66.6. The lowest BCUT2D eigenvalue weighted by Crippen LogP contribution is -2.11. The Hall–Kier alpha value is -12.6. The second-order valence-corrected chi connectivity index (χ2v) is 26.7. The predicted octanol–water partition coefficient (Wildman–Crippen LogP) is 23.7. The smallest absolute Gasteiger partial charge is 0.162 e. The number of rotatable bonds is 11. The fraction of sp³-hybridized carbons (Fsp3) is 0.0652. The second kappa shape index (κ2) is 23.7. The van der Waals surface area contributed by atoms with E-state index in [0.717, 1.165) is 140 Å². The van der Waals surface area contributed by atoms with E-state index < -0.39 is 0 Å². The molecule has 99 heavy (non-hydrogen) atoms. The van der Waals surface area contributed by atoms with Crippen LogP contribution < -0.4 is 0 Å². The van der Waals surface area contributed by atoms with Gasteiger partial charge in [0.2, 0.25) is 0 Å². The molecule has 0 spiro atoms. The summed E-state index contributed by atoms with van der Waals surface area (Å²) in [6, 6.07) is 106. The second-order valence-electron chi connectivity index (χ2n) is 26.7. The molecule has 0 amide bonds. The number of aryl methyl sites for hydroxylation is 6. The summed E-state index contributed by atoms with van der Waals surface area (Å²) in [6.45, 7) is 13.2. The first-order valence-corrected chi connectivity index (χ1v) is 34.0. The molecule has 0 aliphatic carbocycles. The van der Waals surface area contributed by atoms with Crippen LogP contribution in [-0.4, -0.2) is 33.6 Å². The number of aromatic nitrogens is 7. The Morgan fingerprint density at radius 1 is 0.222 bits per heavy atom. The Bertz CT molecular complexity index is 5840. The molecule has 0 saturated carbocycles. The van der Waals surface area contributed by atoms with Crippen molar-refractivity contribution in [3.63, 3.8) is 0 Å². The molecule has 11 aromatic carbocycles. The van der Waals surface area contributed by atoms with Crippen LogP contribution in [0, 0.1) is 41.5 Å². The molecule has 0 unspecified atom stereocenters. The summed E-state index contributed by atoms with van der Waals surface area (Å²) in [6.07, 6.45) is 2.15. The molecule has 0 N–H and O–H groups in total. The molecule has 0 aliphatic rings. The van der Waals surface area contributed by atoms with E-state index >= 15 is 0 Å². The van der Waals surface area contributed by atoms with Crippen molar-refractivity contribution < 1.29 is 0 Å². The average Bonchev–Trinajstić information content (AvgIpc) is 1.57. The zero-order valence-electron chi connectivity index (χ0n) is 55.9. The van der Waals surface area contributed by atoms with Crippen molar-refractivity contribution in [1.29, 1.82) is 0 Å². The number of pyridine rings is 4. The topological polar surface area (TPSA) is 66.3 Å². The predicted molar refractivity (Wildman–Crippen MR) is 413 cm³/mol. The lowest BCUT2D eigenvalue weighted by molar-refractivity contribution is 1.01. The summed E-state index contributed by atoms with van der Waals surface area (Å²) < 4.78 is 7.43. The lowest BCUT2D eigenvalue weighted by Gasteiger charge is -2.24. The molecule has 7 heteroatoms. The van der Waals surface area contributed by atoms with Crippen LogP contribution in [0.15, 0.2) is 297 Å². The van der Waals surface area contributed by atoms with Gasteiger partial charge in [-0.1, -0.05) is 209 Å². The van der Waals surface area contributed by atoms with Crippen LogP contribution >= 0.6 is 0 Å². The van der Waals surface area contributed by atoms with Crippen molar-refractivity contribution in [2.75, 3.05) is 0 Å². The molecule has 0 atom stereocenters. The van der Waals surface area contributed by atoms with Gasteiger partial charge in [-0.3, -0.25) is 4.57 Å². The van der Waals surface area contributed by atoms with Crippen LogP contribution in [0.25, 0.3) is 172 Å². The number of fused-ring (bicyclic) bond motifs is 9. The number of hydrogen-bond donors (Lipinski definition) is 0. The van der Waals surface area contributed by atoms with E-state index in [1.165, 1.54) is 65.7 Å². The van der Waals surface area contributed by atoms with Gasteiger partial charge < -0.3 is 9.13 Å². The molecule has 0 saturated heterocycles. The number of benzene rings is 11. The molecule has 18 rings (SSSR count). The van der Waals surface area contributed by atoms with Gasteiger partial charge in [0.05, 0.1) is 84.8 Å². The van der Waals surface area contributed by atoms with Crippen LogP contribution in [0.3, 0.4) is 0 Å². The minimum absolute atomic E-state index is 0.806. The summed E-state index contributed by atoms with van der Waals surface area (Å²) in [5.41, 5.74) is 30.7. The minimum Gasteiger partial charge on any atom is -0.307 e. The van der Waals surface area contributed by atoms with Gasteiger partial charge in [0.15, 0.2) is 5.82 Å². The maximum atomic E-state index is 5.95. The maximum Gasteiger partial charge on any atom is 0.162 e. The van der Waals surface area contributed by atoms with Crippen LogP contribution in [0.2, 0.25) is 0 Å². The van der Waals surface area contributed by atoms with Gasteiger partial charge in [0, 0.05) is 71.3 Å². The molecule has 0 aliphatic heterocycles. The van der Waals surface area contributed by atoms with Crippen LogP contribution in [0.5, 0.6) is 0 Å². The SMILES string of the molecule is Cc1ccc2c(c1)c1cc(C)ccc1n2-c1cnc(-n2c3ccc(C)cc3c3cc(C)ccc32)c(-n2c3ccc(C)cc3c3cc(C)ccc32)c1-c1cccc(-c2cc(-c3cc(-c4ccccc4)nc(-c4ccccc4)c3)nc(-c3cc(-c4ccccc4)nc(-c4ccccc4)c3)c2)c1. The summed E-state index contributed by atoms with van der Waals surface area (Å²) in [4.78, 5) is 22.5. The van der Waals surface area contributed by atoms with Crippen molar-refractivity contribution in [2.45, 2.75) is 41.5 Å². The number of nitrogens with zero attached hydrogens (tertiary/aromatic N) is 7. The molecule has 0 bridgehead atoms. The highest BCUT2D eigenvalue weighted by atomic mass is 15.1. The van der Waals surface area contributed by atoms with E-state index in [0.29, 0.717) is 0 Å². The summed E-state index contributed by atoms with van der Waals surface area (Å²) in [5, 5.41) is 7.11. The van der Waals surface area contributed by atoms with Crippen LogP contribution in [0.4, 0.5) is 0 Å². The third-order valence-corrected chi connectivity index (χ3v) is 19.7. The van der Waals surface area contributed by atoms with Gasteiger partial charge in [0.1, 0.15) is 0 Å². The third kappa shape index (κ3) is 10.3. The third-order valence-electron chi connectivity index (χ3n) is 19.7. The first-order chi connectivity index (χ1) is 48.5. The Morgan fingerprint density at radius 2 is 0.505 bits per heavy atom. The molecule has 7 heterocycles. The summed E-state index contributed by atoms with van der Waals surface area (Å²) >= 11 is 0. The highest BCUT2D eigenvalue weighted by Gasteiger charge is 2.29. The van der Waals surface area contributed by atoms with Crippen molar-refractivity contribution in [1.82, 2.24) is 33.6 Å². The summed E-state index contributed by atoms with van der Waals surface area (Å²) in [7, 11) is 0. The van der Waals surface area contributed by atoms with Crippen molar-refractivity contribution in [3.8, 4) is 107 Å². The zero-order valence-corrected chi connectivity index (χ0v) is 55.9. The molecule has 0 fully saturated rings. The monoisotopic (exact) mass is 1270 g/mol. The van der Waals surface area contributed by atoms with Gasteiger partial charge in [-0.2, -0.15) is 0 Å². The van der Waals surface area contributed by atoms with Gasteiger partial charge in [-0.15, -0.1) is 0 Å². The molecule has 7 nitrogen and oxygen atoms in total. The van der Waals surface area contributed by atoms with E-state index in [-0.39, 0.29) is 0 Å². The first kappa shape index (κ1) is 59.0. The summed E-state index contributed by atoms with van der Waals surface area (Å²) in [5.74, 6) is 0.815. The fourth-order valence-electron chi connectivity index (χ4n) is 15.0. The molecular weight excluding hydrogens is 1200 g/mol. The fourth-order valence-corrected chi connectivity index (χ4v) is 15.0. The van der Waals surface area contributed by atoms with Gasteiger partial charge >= 0.3 is 0 Å². The minimum atomic E-state index is 0.806. The number of hydrogen-bond acceptors (Lipinski definition) is 4. The van der Waals surface area contributed by atoms with E-state index in [2.05, 4.69) is 353 Å². The highest BCUT2D eigenvalue weighted by Crippen LogP contribution is 2.48. The Labute approximate surface area is 574 Å². The largest absolute Gasteiger partial charge is 0.307 e. The van der Waals surface area contributed by atoms with Crippen LogP contribution in [-0.2, 0) is 0 Å². The van der Waals surface area contributed by atoms with Crippen molar-refractivity contribution >= 4 is 65.4 Å². The van der Waals surface area contributed by atoms with Crippen molar-refractivity contribution in [2.24, 2.45) is 0 Å². The van der Waals surface area contributed by atoms with Gasteiger partial charge in [-0.05, 0) is 173 Å². The normalized spacial score (nSPS) is 11.7. The van der Waals surface area contributed by atoms with Crippen LogP contribution in [0.1, 0.15) is 33.4 Å². The molecule has 7 aromatic heterocycles. The Morgan fingerprint density at radius 3 is 0.848 bits per heavy atom. The first-order valence-electron chi connectivity index (χ1n) is 34.0.